The molecule has 110 valence electrons. The first-order valence-electron chi connectivity index (χ1n) is 6.11. The third kappa shape index (κ3) is 6.72. The van der Waals surface area contributed by atoms with Crippen LogP contribution in [0.3, 0.4) is 0 Å². The molecule has 1 N–H and O–H groups in total. The number of esters is 1. The molecule has 0 atom stereocenters. The van der Waals surface area contributed by atoms with Crippen molar-refractivity contribution in [3.63, 3.8) is 0 Å². The number of ether oxygens (including phenoxy) is 2. The van der Waals surface area contributed by atoms with Gasteiger partial charge in [-0.1, -0.05) is 0 Å². The maximum Gasteiger partial charge on any atom is 0.344 e. The van der Waals surface area contributed by atoms with Gasteiger partial charge in [-0.05, 0) is 45.0 Å². The zero-order valence-electron chi connectivity index (χ0n) is 11.7. The molecule has 0 saturated carbocycles. The molecule has 1 rings (SSSR count). The minimum atomic E-state index is -0.668. The molecule has 0 aliphatic rings. The van der Waals surface area contributed by atoms with E-state index in [1.165, 1.54) is 24.3 Å². The molecule has 6 heteroatoms. The summed E-state index contributed by atoms with van der Waals surface area (Å²) >= 11 is 0. The fourth-order valence-electron chi connectivity index (χ4n) is 1.32. The fraction of sp³-hybridized carbons (Fsp3) is 0.429. The van der Waals surface area contributed by atoms with E-state index in [0.717, 1.165) is 0 Å². The molecule has 0 fully saturated rings. The summed E-state index contributed by atoms with van der Waals surface area (Å²) in [6.07, 6.45) is 0. The summed E-state index contributed by atoms with van der Waals surface area (Å²) in [5, 5.41) is 2.66. The number of amides is 1. The van der Waals surface area contributed by atoms with Gasteiger partial charge in [0.2, 0.25) is 0 Å². The molecule has 0 heterocycles. The lowest BCUT2D eigenvalue weighted by atomic mass is 10.1. The van der Waals surface area contributed by atoms with Gasteiger partial charge in [-0.3, -0.25) is 4.79 Å². The van der Waals surface area contributed by atoms with Crippen molar-refractivity contribution < 1.29 is 23.5 Å². The van der Waals surface area contributed by atoms with Gasteiger partial charge in [0.05, 0.1) is 0 Å². The third-order valence-electron chi connectivity index (χ3n) is 2.05. The summed E-state index contributed by atoms with van der Waals surface area (Å²) in [4.78, 5) is 22.8. The topological polar surface area (TPSA) is 64.6 Å². The normalized spacial score (nSPS) is 10.8. The van der Waals surface area contributed by atoms with Crippen LogP contribution in [0.25, 0.3) is 0 Å². The Kier molecular flexibility index (Phi) is 5.49. The Morgan fingerprint density at radius 1 is 1.15 bits per heavy atom. The summed E-state index contributed by atoms with van der Waals surface area (Å²) in [5.41, 5.74) is -0.381. The highest BCUT2D eigenvalue weighted by atomic mass is 19.1. The van der Waals surface area contributed by atoms with E-state index in [4.69, 9.17) is 9.47 Å². The van der Waals surface area contributed by atoms with E-state index in [2.05, 4.69) is 5.32 Å². The first-order valence-corrected chi connectivity index (χ1v) is 6.11. The second kappa shape index (κ2) is 6.88. The van der Waals surface area contributed by atoms with E-state index < -0.39 is 11.8 Å². The Bertz CT molecular complexity index is 465. The highest BCUT2D eigenvalue weighted by molar-refractivity contribution is 5.81. The Morgan fingerprint density at radius 2 is 1.75 bits per heavy atom. The predicted molar refractivity (Wildman–Crippen MR) is 70.7 cm³/mol. The van der Waals surface area contributed by atoms with Crippen molar-refractivity contribution in [1.29, 1.82) is 0 Å². The third-order valence-corrected chi connectivity index (χ3v) is 2.05. The number of benzene rings is 1. The number of carbonyl (C=O) groups excluding carboxylic acids is 2. The van der Waals surface area contributed by atoms with Crippen LogP contribution in [0, 0.1) is 5.82 Å². The number of carbonyl (C=O) groups is 2. The second-order valence-corrected chi connectivity index (χ2v) is 5.20. The number of rotatable bonds is 5. The summed E-state index contributed by atoms with van der Waals surface area (Å²) in [6.45, 7) is 4.77. The largest absolute Gasteiger partial charge is 0.482 e. The van der Waals surface area contributed by atoms with Crippen LogP contribution >= 0.6 is 0 Å². The molecular weight excluding hydrogens is 265 g/mol. The molecule has 5 nitrogen and oxygen atoms in total. The molecule has 0 spiro atoms. The first kappa shape index (κ1) is 15.9. The van der Waals surface area contributed by atoms with E-state index in [-0.39, 0.29) is 24.7 Å². The molecule has 1 amide bonds. The van der Waals surface area contributed by atoms with E-state index >= 15 is 0 Å². The van der Waals surface area contributed by atoms with E-state index in [0.29, 0.717) is 5.75 Å². The Labute approximate surface area is 117 Å². The van der Waals surface area contributed by atoms with Crippen molar-refractivity contribution >= 4 is 11.9 Å². The van der Waals surface area contributed by atoms with Crippen molar-refractivity contribution in [1.82, 2.24) is 5.32 Å². The van der Waals surface area contributed by atoms with Crippen molar-refractivity contribution in [3.05, 3.63) is 30.1 Å². The smallest absolute Gasteiger partial charge is 0.344 e. The molecule has 0 aliphatic carbocycles. The fourth-order valence-corrected chi connectivity index (χ4v) is 1.32. The Balaban J connectivity index is 2.27. The highest BCUT2D eigenvalue weighted by Crippen LogP contribution is 2.10. The first-order chi connectivity index (χ1) is 9.26. The maximum atomic E-state index is 12.6. The van der Waals surface area contributed by atoms with E-state index in [1.54, 1.807) is 0 Å². The molecule has 0 saturated heterocycles. The average molecular weight is 283 g/mol. The van der Waals surface area contributed by atoms with Gasteiger partial charge in [-0.25, -0.2) is 9.18 Å². The standard InChI is InChI=1S/C14H18FNO4/c1-14(2,3)16-12(17)8-20-13(18)9-19-11-6-4-10(15)5-7-11/h4-7H,8-9H2,1-3H3,(H,16,17). The van der Waals surface area contributed by atoms with Gasteiger partial charge in [-0.15, -0.1) is 0 Å². The summed E-state index contributed by atoms with van der Waals surface area (Å²) < 4.78 is 22.5. The molecule has 0 aromatic heterocycles. The zero-order chi connectivity index (χ0) is 15.2. The van der Waals surface area contributed by atoms with Crippen LogP contribution in [0.15, 0.2) is 24.3 Å². The SMILES string of the molecule is CC(C)(C)NC(=O)COC(=O)COc1ccc(F)cc1. The van der Waals surface area contributed by atoms with Crippen LogP contribution in [0.1, 0.15) is 20.8 Å². The van der Waals surface area contributed by atoms with Gasteiger partial charge in [0, 0.05) is 5.54 Å². The lowest BCUT2D eigenvalue weighted by Gasteiger charge is -2.20. The van der Waals surface area contributed by atoms with E-state index in [9.17, 15) is 14.0 Å². The lowest BCUT2D eigenvalue weighted by Crippen LogP contribution is -2.43. The number of hydrogen-bond donors (Lipinski definition) is 1. The minimum absolute atomic E-state index is 0.339. The van der Waals surface area contributed by atoms with Gasteiger partial charge < -0.3 is 14.8 Å². The van der Waals surface area contributed by atoms with Gasteiger partial charge in [0.1, 0.15) is 11.6 Å². The maximum absolute atomic E-state index is 12.6. The van der Waals surface area contributed by atoms with Crippen molar-refractivity contribution in [3.8, 4) is 5.75 Å². The Hall–Kier alpha value is -2.11. The molecule has 0 unspecified atom stereocenters. The van der Waals surface area contributed by atoms with Crippen LogP contribution in [-0.4, -0.2) is 30.6 Å². The van der Waals surface area contributed by atoms with Crippen molar-refractivity contribution in [2.24, 2.45) is 0 Å². The molecule has 1 aromatic carbocycles. The molecule has 0 radical (unpaired) electrons. The van der Waals surface area contributed by atoms with Crippen LogP contribution in [0.5, 0.6) is 5.75 Å². The molecule has 0 aliphatic heterocycles. The van der Waals surface area contributed by atoms with Gasteiger partial charge in [0.25, 0.3) is 5.91 Å². The molecule has 0 bridgehead atoms. The minimum Gasteiger partial charge on any atom is -0.482 e. The quantitative estimate of drug-likeness (QED) is 0.835. The predicted octanol–water partition coefficient (Wildman–Crippen LogP) is 1.66. The van der Waals surface area contributed by atoms with Crippen LogP contribution in [-0.2, 0) is 14.3 Å². The van der Waals surface area contributed by atoms with E-state index in [1.807, 2.05) is 20.8 Å². The Morgan fingerprint density at radius 3 is 2.30 bits per heavy atom. The van der Waals surface area contributed by atoms with Gasteiger partial charge in [-0.2, -0.15) is 0 Å². The molecular formula is C14H18FNO4. The molecule has 1 aromatic rings. The number of nitrogens with one attached hydrogen (secondary N) is 1. The van der Waals surface area contributed by atoms with Gasteiger partial charge >= 0.3 is 5.97 Å². The highest BCUT2D eigenvalue weighted by Gasteiger charge is 2.15. The lowest BCUT2D eigenvalue weighted by molar-refractivity contribution is -0.150. The molecule has 20 heavy (non-hydrogen) atoms. The number of halogens is 1. The second-order valence-electron chi connectivity index (χ2n) is 5.20. The van der Waals surface area contributed by atoms with Gasteiger partial charge in [0.15, 0.2) is 13.2 Å². The van der Waals surface area contributed by atoms with Crippen LogP contribution < -0.4 is 10.1 Å². The van der Waals surface area contributed by atoms with Crippen LogP contribution in [0.4, 0.5) is 4.39 Å². The van der Waals surface area contributed by atoms with Crippen molar-refractivity contribution in [2.45, 2.75) is 26.3 Å². The van der Waals surface area contributed by atoms with Crippen LogP contribution in [0.2, 0.25) is 0 Å². The van der Waals surface area contributed by atoms with Crippen molar-refractivity contribution in [2.75, 3.05) is 13.2 Å². The average Bonchev–Trinajstić information content (AvgIpc) is 2.33. The summed E-state index contributed by atoms with van der Waals surface area (Å²) in [6, 6.07) is 5.23. The number of hydrogen-bond acceptors (Lipinski definition) is 4. The zero-order valence-corrected chi connectivity index (χ0v) is 11.7. The summed E-state index contributed by atoms with van der Waals surface area (Å²) in [5.74, 6) is -1.09. The summed E-state index contributed by atoms with van der Waals surface area (Å²) in [7, 11) is 0. The monoisotopic (exact) mass is 283 g/mol.